The number of hydrogen-bond acceptors (Lipinski definition) is 6. The highest BCUT2D eigenvalue weighted by atomic mass is 32.2. The van der Waals surface area contributed by atoms with Gasteiger partial charge in [0.1, 0.15) is 11.5 Å². The number of anilines is 1. The maximum Gasteiger partial charge on any atom is 0.437 e. The number of carbonyl (C=O) groups excluding carboxylic acids is 2. The molecule has 0 saturated carbocycles. The van der Waals surface area contributed by atoms with Crippen LogP contribution in [0.25, 0.3) is 10.9 Å². The van der Waals surface area contributed by atoms with Gasteiger partial charge in [0.2, 0.25) is 0 Å². The first-order valence-electron chi connectivity index (χ1n) is 10.4. The van der Waals surface area contributed by atoms with Gasteiger partial charge in [-0.15, -0.1) is 0 Å². The predicted octanol–water partition coefficient (Wildman–Crippen LogP) is 3.39. The first-order chi connectivity index (χ1) is 17.2. The van der Waals surface area contributed by atoms with Crippen molar-refractivity contribution in [1.29, 1.82) is 0 Å². The summed E-state index contributed by atoms with van der Waals surface area (Å²) < 4.78 is 78.9. The minimum Gasteiger partial charge on any atom is -0.364 e. The number of pyridine rings is 1. The number of amides is 2. The molecule has 0 unspecified atom stereocenters. The van der Waals surface area contributed by atoms with Crippen LogP contribution in [0.3, 0.4) is 0 Å². The first-order valence-corrected chi connectivity index (χ1v) is 12.3. The second kappa shape index (κ2) is 9.28. The Hall–Kier alpha value is -4.33. The number of benzene rings is 2. The summed E-state index contributed by atoms with van der Waals surface area (Å²) in [6, 6.07) is 9.66. The molecule has 0 atom stereocenters. The van der Waals surface area contributed by atoms with Crippen LogP contribution in [-0.4, -0.2) is 41.3 Å². The molecule has 9 nitrogen and oxygen atoms in total. The molecule has 0 radical (unpaired) electrons. The van der Waals surface area contributed by atoms with E-state index in [0.717, 1.165) is 35.3 Å². The highest BCUT2D eigenvalue weighted by Crippen LogP contribution is 2.34. The van der Waals surface area contributed by atoms with Crippen LogP contribution in [0.1, 0.15) is 32.1 Å². The quantitative estimate of drug-likeness (QED) is 0.363. The van der Waals surface area contributed by atoms with Gasteiger partial charge in [-0.1, -0.05) is 12.1 Å². The molecule has 0 saturated heterocycles. The predicted molar refractivity (Wildman–Crippen MR) is 124 cm³/mol. The van der Waals surface area contributed by atoms with Crippen molar-refractivity contribution in [3.63, 3.8) is 0 Å². The molecule has 0 fully saturated rings. The van der Waals surface area contributed by atoms with Crippen molar-refractivity contribution < 1.29 is 35.6 Å². The highest BCUT2D eigenvalue weighted by molar-refractivity contribution is 7.90. The van der Waals surface area contributed by atoms with E-state index in [9.17, 15) is 35.6 Å². The Morgan fingerprint density at radius 3 is 2.35 bits per heavy atom. The molecule has 3 N–H and O–H groups in total. The van der Waals surface area contributed by atoms with Gasteiger partial charge in [-0.05, 0) is 35.9 Å². The SMILES string of the molecule is CS(=O)(=O)c1ccc(Cn2cc(NC(=O)c3cc(C(N)=O)nc4cc(F)ccc34)c(C(F)(F)F)n2)cc1. The monoisotopic (exact) mass is 535 g/mol. The van der Waals surface area contributed by atoms with Crippen molar-refractivity contribution in [1.82, 2.24) is 14.8 Å². The van der Waals surface area contributed by atoms with Crippen LogP contribution in [0, 0.1) is 5.82 Å². The van der Waals surface area contributed by atoms with Gasteiger partial charge in [-0.25, -0.2) is 17.8 Å². The van der Waals surface area contributed by atoms with Crippen LogP contribution < -0.4 is 11.1 Å². The molecule has 2 aromatic heterocycles. The molecule has 37 heavy (non-hydrogen) atoms. The summed E-state index contributed by atoms with van der Waals surface area (Å²) in [5, 5.41) is 5.76. The van der Waals surface area contributed by atoms with E-state index in [1.165, 1.54) is 30.3 Å². The Morgan fingerprint density at radius 1 is 1.08 bits per heavy atom. The zero-order chi connectivity index (χ0) is 27.1. The molecule has 2 amide bonds. The summed E-state index contributed by atoms with van der Waals surface area (Å²) in [5.74, 6) is -2.77. The summed E-state index contributed by atoms with van der Waals surface area (Å²) in [6.07, 6.45) is -2.95. The number of hydrogen-bond donors (Lipinski definition) is 2. The van der Waals surface area contributed by atoms with Crippen LogP contribution in [0.15, 0.2) is 59.6 Å². The van der Waals surface area contributed by atoms with E-state index < -0.39 is 45.0 Å². The fraction of sp³-hybridized carbons (Fsp3) is 0.130. The molecule has 2 heterocycles. The van der Waals surface area contributed by atoms with Crippen molar-refractivity contribution in [3.05, 3.63) is 83.1 Å². The van der Waals surface area contributed by atoms with Crippen LogP contribution >= 0.6 is 0 Å². The van der Waals surface area contributed by atoms with Crippen LogP contribution in [0.4, 0.5) is 23.2 Å². The molecule has 4 aromatic rings. The molecule has 0 aliphatic heterocycles. The van der Waals surface area contributed by atoms with E-state index in [4.69, 9.17) is 5.73 Å². The van der Waals surface area contributed by atoms with E-state index >= 15 is 0 Å². The Bertz CT molecular complexity index is 1650. The molecule has 2 aromatic carbocycles. The summed E-state index contributed by atoms with van der Waals surface area (Å²) in [7, 11) is -3.45. The molecule has 0 spiro atoms. The third-order valence-corrected chi connectivity index (χ3v) is 6.37. The maximum atomic E-state index is 13.7. The largest absolute Gasteiger partial charge is 0.437 e. The van der Waals surface area contributed by atoms with Gasteiger partial charge < -0.3 is 11.1 Å². The molecular formula is C23H17F4N5O4S. The number of nitrogens with two attached hydrogens (primary N) is 1. The van der Waals surface area contributed by atoms with Crippen LogP contribution in [0.5, 0.6) is 0 Å². The maximum absolute atomic E-state index is 13.7. The lowest BCUT2D eigenvalue weighted by Crippen LogP contribution is -2.19. The number of halogens is 4. The average molecular weight is 535 g/mol. The van der Waals surface area contributed by atoms with Gasteiger partial charge in [-0.2, -0.15) is 18.3 Å². The van der Waals surface area contributed by atoms with Gasteiger partial charge in [0.25, 0.3) is 11.8 Å². The summed E-state index contributed by atoms with van der Waals surface area (Å²) >= 11 is 0. The number of nitrogens with zero attached hydrogens (tertiary/aromatic N) is 3. The molecule has 0 aliphatic carbocycles. The van der Waals surface area contributed by atoms with Gasteiger partial charge in [0.05, 0.1) is 28.2 Å². The number of alkyl halides is 3. The molecule has 192 valence electrons. The van der Waals surface area contributed by atoms with Gasteiger partial charge >= 0.3 is 6.18 Å². The van der Waals surface area contributed by atoms with E-state index in [0.29, 0.717) is 5.56 Å². The van der Waals surface area contributed by atoms with E-state index in [1.54, 1.807) is 0 Å². The van der Waals surface area contributed by atoms with Gasteiger partial charge in [-0.3, -0.25) is 14.3 Å². The Balaban J connectivity index is 1.70. The number of carbonyl (C=O) groups is 2. The van der Waals surface area contributed by atoms with E-state index in [2.05, 4.69) is 15.4 Å². The Kier molecular flexibility index (Phi) is 6.46. The molecule has 14 heteroatoms. The third-order valence-electron chi connectivity index (χ3n) is 5.24. The lowest BCUT2D eigenvalue weighted by atomic mass is 10.1. The lowest BCUT2D eigenvalue weighted by Gasteiger charge is -2.10. The van der Waals surface area contributed by atoms with Crippen molar-refractivity contribution in [2.75, 3.05) is 11.6 Å². The van der Waals surface area contributed by atoms with Crippen LogP contribution in [-0.2, 0) is 22.6 Å². The minimum atomic E-state index is -4.93. The fourth-order valence-corrected chi connectivity index (χ4v) is 4.17. The second-order valence-electron chi connectivity index (χ2n) is 8.04. The second-order valence-corrected chi connectivity index (χ2v) is 10.1. The molecule has 0 aliphatic rings. The Labute approximate surface area is 206 Å². The summed E-state index contributed by atoms with van der Waals surface area (Å²) in [4.78, 5) is 28.6. The van der Waals surface area contributed by atoms with Crippen molar-refractivity contribution >= 4 is 38.2 Å². The minimum absolute atomic E-state index is 0.0421. The number of primary amides is 1. The number of fused-ring (bicyclic) bond motifs is 1. The first kappa shape index (κ1) is 25.8. The topological polar surface area (TPSA) is 137 Å². The smallest absolute Gasteiger partial charge is 0.364 e. The van der Waals surface area contributed by atoms with Crippen molar-refractivity contribution in [3.8, 4) is 0 Å². The molecule has 4 rings (SSSR count). The molecular weight excluding hydrogens is 518 g/mol. The van der Waals surface area contributed by atoms with Crippen molar-refractivity contribution in [2.24, 2.45) is 5.73 Å². The lowest BCUT2D eigenvalue weighted by molar-refractivity contribution is -0.140. The molecule has 0 bridgehead atoms. The normalized spacial score (nSPS) is 12.0. The fourth-order valence-electron chi connectivity index (χ4n) is 3.54. The number of sulfone groups is 1. The third kappa shape index (κ3) is 5.58. The zero-order valence-electron chi connectivity index (χ0n) is 18.9. The Morgan fingerprint density at radius 2 is 1.76 bits per heavy atom. The van der Waals surface area contributed by atoms with Gasteiger partial charge in [0, 0.05) is 23.9 Å². The summed E-state index contributed by atoms with van der Waals surface area (Å²) in [5.41, 5.74) is 2.91. The highest BCUT2D eigenvalue weighted by Gasteiger charge is 2.38. The van der Waals surface area contributed by atoms with Gasteiger partial charge in [0.15, 0.2) is 15.5 Å². The van der Waals surface area contributed by atoms with E-state index in [1.807, 2.05) is 0 Å². The number of rotatable bonds is 6. The standard InChI is InChI=1S/C23H17F4N5O4S/c1-37(35,36)14-5-2-12(3-6-14)10-32-11-19(20(31-32)23(25,26)27)30-22(34)16-9-18(21(28)33)29-17-8-13(24)4-7-15(16)17/h2-9,11H,10H2,1H3,(H2,28,33)(H,30,34). The number of aromatic nitrogens is 3. The average Bonchev–Trinajstić information content (AvgIpc) is 3.20. The number of nitrogens with one attached hydrogen (secondary N) is 1. The van der Waals surface area contributed by atoms with Crippen molar-refractivity contribution in [2.45, 2.75) is 17.6 Å². The summed E-state index contributed by atoms with van der Waals surface area (Å²) in [6.45, 7) is -0.160. The zero-order valence-corrected chi connectivity index (χ0v) is 19.7. The van der Waals surface area contributed by atoms with Crippen LogP contribution in [0.2, 0.25) is 0 Å². The van der Waals surface area contributed by atoms with E-state index in [-0.39, 0.29) is 33.6 Å².